The molecular weight excluding hydrogens is 234 g/mol. The fourth-order valence-electron chi connectivity index (χ4n) is 1.16. The summed E-state index contributed by atoms with van der Waals surface area (Å²) in [5.41, 5.74) is 5.51. The summed E-state index contributed by atoms with van der Waals surface area (Å²) in [4.78, 5) is 0.480. The summed E-state index contributed by atoms with van der Waals surface area (Å²) < 4.78 is 11.0. The Kier molecular flexibility index (Phi) is 5.77. The van der Waals surface area contributed by atoms with Crippen molar-refractivity contribution in [2.75, 3.05) is 13.2 Å². The zero-order chi connectivity index (χ0) is 12.7. The van der Waals surface area contributed by atoms with Crippen LogP contribution in [0.1, 0.15) is 20.3 Å². The lowest BCUT2D eigenvalue weighted by Crippen LogP contribution is -2.23. The minimum Gasteiger partial charge on any atom is -0.494 e. The summed E-state index contributed by atoms with van der Waals surface area (Å²) in [7, 11) is 0. The number of ether oxygens (including phenoxy) is 2. The Morgan fingerprint density at radius 3 is 2.24 bits per heavy atom. The first-order valence-corrected chi connectivity index (χ1v) is 6.19. The van der Waals surface area contributed by atoms with E-state index < -0.39 is 0 Å². The van der Waals surface area contributed by atoms with Gasteiger partial charge < -0.3 is 15.2 Å². The molecule has 0 fully saturated rings. The van der Waals surface area contributed by atoms with Crippen molar-refractivity contribution in [2.45, 2.75) is 20.3 Å². The third-order valence-corrected chi connectivity index (χ3v) is 2.68. The molecule has 0 aliphatic rings. The minimum atomic E-state index is 0.0843. The highest BCUT2D eigenvalue weighted by Gasteiger charge is 2.05. The van der Waals surface area contributed by atoms with Gasteiger partial charge in [-0.15, -0.1) is 0 Å². The topological polar surface area (TPSA) is 44.5 Å². The highest BCUT2D eigenvalue weighted by molar-refractivity contribution is 7.80. The molecule has 0 spiro atoms. The van der Waals surface area contributed by atoms with Crippen molar-refractivity contribution >= 4 is 17.2 Å². The maximum absolute atomic E-state index is 5.57. The molecule has 17 heavy (non-hydrogen) atoms. The Balaban J connectivity index is 2.42. The quantitative estimate of drug-likeness (QED) is 0.759. The van der Waals surface area contributed by atoms with Gasteiger partial charge in [-0.2, -0.15) is 0 Å². The third-order valence-electron chi connectivity index (χ3n) is 2.28. The van der Waals surface area contributed by atoms with Crippen LogP contribution in [0.5, 0.6) is 11.5 Å². The normalized spacial score (nSPS) is 11.9. The number of hydrogen-bond donors (Lipinski definition) is 1. The highest BCUT2D eigenvalue weighted by atomic mass is 32.1. The Labute approximate surface area is 108 Å². The smallest absolute Gasteiger partial charge is 0.119 e. The first-order chi connectivity index (χ1) is 8.13. The second-order valence-corrected chi connectivity index (χ2v) is 4.41. The van der Waals surface area contributed by atoms with Crippen LogP contribution in [0.2, 0.25) is 0 Å². The molecule has 1 unspecified atom stereocenters. The Bertz CT molecular complexity index is 351. The second kappa shape index (κ2) is 7.12. The number of rotatable bonds is 7. The molecule has 0 amide bonds. The number of thiocarbonyl (C=S) groups is 1. The van der Waals surface area contributed by atoms with Crippen LogP contribution >= 0.6 is 12.2 Å². The molecule has 0 bridgehead atoms. The molecule has 94 valence electrons. The van der Waals surface area contributed by atoms with Gasteiger partial charge in [0.2, 0.25) is 0 Å². The SMILES string of the molecule is CCCOc1ccc(OCC(C)C(N)=S)cc1. The van der Waals surface area contributed by atoms with E-state index >= 15 is 0 Å². The average molecular weight is 253 g/mol. The van der Waals surface area contributed by atoms with Gasteiger partial charge in [-0.05, 0) is 30.7 Å². The molecular formula is C13H19NO2S. The number of nitrogens with two attached hydrogens (primary N) is 1. The molecule has 0 aromatic heterocycles. The molecule has 1 atom stereocenters. The summed E-state index contributed by atoms with van der Waals surface area (Å²) in [6, 6.07) is 7.57. The third kappa shape index (κ3) is 5.04. The van der Waals surface area contributed by atoms with Gasteiger partial charge in [0.05, 0.1) is 18.2 Å². The van der Waals surface area contributed by atoms with Gasteiger partial charge in [-0.3, -0.25) is 0 Å². The lowest BCUT2D eigenvalue weighted by molar-refractivity contribution is 0.291. The van der Waals surface area contributed by atoms with E-state index in [1.165, 1.54) is 0 Å². The fraction of sp³-hybridized carbons (Fsp3) is 0.462. The standard InChI is InChI=1S/C13H19NO2S/c1-3-8-15-11-4-6-12(7-5-11)16-9-10(2)13(14)17/h4-7,10H,3,8-9H2,1-2H3,(H2,14,17). The summed E-state index contributed by atoms with van der Waals surface area (Å²) in [6.45, 7) is 5.26. The fourth-order valence-corrected chi connectivity index (χ4v) is 1.22. The molecule has 4 heteroatoms. The summed E-state index contributed by atoms with van der Waals surface area (Å²) in [5.74, 6) is 1.75. The Hall–Kier alpha value is -1.29. The van der Waals surface area contributed by atoms with Crippen molar-refractivity contribution in [2.24, 2.45) is 11.7 Å². The Morgan fingerprint density at radius 2 is 1.76 bits per heavy atom. The van der Waals surface area contributed by atoms with E-state index in [1.807, 2.05) is 31.2 Å². The molecule has 2 N–H and O–H groups in total. The monoisotopic (exact) mass is 253 g/mol. The molecule has 0 saturated heterocycles. The van der Waals surface area contributed by atoms with Gasteiger partial charge >= 0.3 is 0 Å². The van der Waals surface area contributed by atoms with Crippen molar-refractivity contribution in [3.8, 4) is 11.5 Å². The molecule has 0 heterocycles. The van der Waals surface area contributed by atoms with Gasteiger partial charge in [0.15, 0.2) is 0 Å². The summed E-state index contributed by atoms with van der Waals surface area (Å²) in [5, 5.41) is 0. The summed E-state index contributed by atoms with van der Waals surface area (Å²) >= 11 is 4.88. The van der Waals surface area contributed by atoms with E-state index in [0.29, 0.717) is 11.6 Å². The maximum Gasteiger partial charge on any atom is 0.119 e. The second-order valence-electron chi connectivity index (χ2n) is 3.93. The van der Waals surface area contributed by atoms with Crippen LogP contribution in [0.3, 0.4) is 0 Å². The van der Waals surface area contributed by atoms with Crippen LogP contribution in [0, 0.1) is 5.92 Å². The van der Waals surface area contributed by atoms with Crippen LogP contribution in [-0.2, 0) is 0 Å². The van der Waals surface area contributed by atoms with Crippen molar-refractivity contribution < 1.29 is 9.47 Å². The number of benzene rings is 1. The van der Waals surface area contributed by atoms with Crippen molar-refractivity contribution in [1.29, 1.82) is 0 Å². The van der Waals surface area contributed by atoms with E-state index in [2.05, 4.69) is 6.92 Å². The predicted molar refractivity (Wildman–Crippen MR) is 73.7 cm³/mol. The van der Waals surface area contributed by atoms with Crippen molar-refractivity contribution in [1.82, 2.24) is 0 Å². The van der Waals surface area contributed by atoms with Crippen molar-refractivity contribution in [3.05, 3.63) is 24.3 Å². The van der Waals surface area contributed by atoms with E-state index in [9.17, 15) is 0 Å². The van der Waals surface area contributed by atoms with E-state index in [1.54, 1.807) is 0 Å². The lowest BCUT2D eigenvalue weighted by atomic mass is 10.2. The molecule has 0 radical (unpaired) electrons. The largest absolute Gasteiger partial charge is 0.494 e. The molecule has 0 saturated carbocycles. The van der Waals surface area contributed by atoms with Crippen LogP contribution in [0.15, 0.2) is 24.3 Å². The van der Waals surface area contributed by atoms with Gasteiger partial charge in [-0.25, -0.2) is 0 Å². The van der Waals surface area contributed by atoms with Crippen molar-refractivity contribution in [3.63, 3.8) is 0 Å². The highest BCUT2D eigenvalue weighted by Crippen LogP contribution is 2.18. The molecule has 1 aromatic carbocycles. The summed E-state index contributed by atoms with van der Waals surface area (Å²) in [6.07, 6.45) is 1.00. The van der Waals surface area contributed by atoms with E-state index in [0.717, 1.165) is 24.5 Å². The predicted octanol–water partition coefficient (Wildman–Crippen LogP) is 2.78. The van der Waals surface area contributed by atoms with Gasteiger partial charge in [0.25, 0.3) is 0 Å². The van der Waals surface area contributed by atoms with E-state index in [4.69, 9.17) is 27.4 Å². The number of hydrogen-bond acceptors (Lipinski definition) is 3. The minimum absolute atomic E-state index is 0.0843. The van der Waals surface area contributed by atoms with Gasteiger partial charge in [0.1, 0.15) is 11.5 Å². The maximum atomic E-state index is 5.57. The molecule has 0 aliphatic carbocycles. The van der Waals surface area contributed by atoms with Crippen LogP contribution < -0.4 is 15.2 Å². The molecule has 1 rings (SSSR count). The van der Waals surface area contributed by atoms with Crippen LogP contribution in [0.25, 0.3) is 0 Å². The Morgan fingerprint density at radius 1 is 1.24 bits per heavy atom. The molecule has 1 aromatic rings. The van der Waals surface area contributed by atoms with Crippen LogP contribution in [0.4, 0.5) is 0 Å². The van der Waals surface area contributed by atoms with Crippen LogP contribution in [-0.4, -0.2) is 18.2 Å². The first kappa shape index (κ1) is 13.8. The first-order valence-electron chi connectivity index (χ1n) is 5.78. The zero-order valence-electron chi connectivity index (χ0n) is 10.3. The molecule has 3 nitrogen and oxygen atoms in total. The van der Waals surface area contributed by atoms with E-state index in [-0.39, 0.29) is 5.92 Å². The van der Waals surface area contributed by atoms with Gasteiger partial charge in [-0.1, -0.05) is 26.1 Å². The van der Waals surface area contributed by atoms with Gasteiger partial charge in [0, 0.05) is 5.92 Å². The zero-order valence-corrected chi connectivity index (χ0v) is 11.1. The average Bonchev–Trinajstić information content (AvgIpc) is 2.34. The lowest BCUT2D eigenvalue weighted by Gasteiger charge is -2.12. The molecule has 0 aliphatic heterocycles.